The summed E-state index contributed by atoms with van der Waals surface area (Å²) in [6.45, 7) is 0. The van der Waals surface area contributed by atoms with Crippen LogP contribution >= 0.6 is 0 Å². The van der Waals surface area contributed by atoms with E-state index in [1.165, 1.54) is 6.08 Å². The molecule has 0 saturated heterocycles. The van der Waals surface area contributed by atoms with Gasteiger partial charge in [0.2, 0.25) is 0 Å². The Balaban J connectivity index is 2.27. The number of nitrogens with two attached hydrogens (primary N) is 1. The van der Waals surface area contributed by atoms with Crippen LogP contribution in [0.15, 0.2) is 48.5 Å². The molecule has 0 unspecified atom stereocenters. The van der Waals surface area contributed by atoms with Crippen molar-refractivity contribution in [2.45, 2.75) is 0 Å². The second kappa shape index (κ2) is 6.61. The lowest BCUT2D eigenvalue weighted by molar-refractivity contribution is 0.104. The molecule has 0 aliphatic heterocycles. The highest BCUT2D eigenvalue weighted by Crippen LogP contribution is 2.31. The van der Waals surface area contributed by atoms with Gasteiger partial charge < -0.3 is 15.2 Å². The van der Waals surface area contributed by atoms with Gasteiger partial charge in [-0.15, -0.1) is 0 Å². The van der Waals surface area contributed by atoms with Crippen LogP contribution < -0.4 is 15.2 Å². The minimum atomic E-state index is -0.118. The van der Waals surface area contributed by atoms with Crippen molar-refractivity contribution in [1.29, 1.82) is 0 Å². The zero-order valence-electron chi connectivity index (χ0n) is 12.0. The van der Waals surface area contributed by atoms with Crippen LogP contribution in [0.5, 0.6) is 11.5 Å². The monoisotopic (exact) mass is 283 g/mol. The lowest BCUT2D eigenvalue weighted by atomic mass is 10.1. The topological polar surface area (TPSA) is 61.5 Å². The molecule has 4 nitrogen and oxygen atoms in total. The van der Waals surface area contributed by atoms with E-state index >= 15 is 0 Å². The van der Waals surface area contributed by atoms with E-state index in [9.17, 15) is 4.79 Å². The highest BCUT2D eigenvalue weighted by atomic mass is 16.5. The first-order valence-electron chi connectivity index (χ1n) is 6.44. The second-order valence-electron chi connectivity index (χ2n) is 4.41. The molecule has 0 heterocycles. The number of benzene rings is 2. The van der Waals surface area contributed by atoms with Crippen molar-refractivity contribution in [3.05, 3.63) is 59.7 Å². The Hall–Kier alpha value is -2.75. The number of ether oxygens (including phenoxy) is 2. The Labute approximate surface area is 123 Å². The fourth-order valence-corrected chi connectivity index (χ4v) is 2.00. The molecule has 2 rings (SSSR count). The van der Waals surface area contributed by atoms with Crippen LogP contribution in [0.1, 0.15) is 15.9 Å². The first-order chi connectivity index (χ1) is 10.2. The van der Waals surface area contributed by atoms with E-state index in [1.807, 2.05) is 12.1 Å². The van der Waals surface area contributed by atoms with Crippen molar-refractivity contribution in [1.82, 2.24) is 0 Å². The standard InChI is InChI=1S/C17H17NO3/c1-20-16-8-4-5-12(17(16)21-2)9-10-15(19)13-6-3-7-14(18)11-13/h3-11H,18H2,1-2H3/b10-9+. The molecule has 2 N–H and O–H groups in total. The Morgan fingerprint density at radius 3 is 2.52 bits per heavy atom. The van der Waals surface area contributed by atoms with Crippen molar-refractivity contribution in [2.24, 2.45) is 0 Å². The number of nitrogen functional groups attached to an aromatic ring is 1. The number of hydrogen-bond acceptors (Lipinski definition) is 4. The molecule has 21 heavy (non-hydrogen) atoms. The van der Waals surface area contributed by atoms with Gasteiger partial charge in [0.1, 0.15) is 0 Å². The molecule has 108 valence electrons. The number of carbonyl (C=O) groups is 1. The molecule has 0 fully saturated rings. The summed E-state index contributed by atoms with van der Waals surface area (Å²) in [5.41, 5.74) is 7.56. The molecule has 0 saturated carbocycles. The number of para-hydroxylation sites is 1. The van der Waals surface area contributed by atoms with Crippen LogP contribution in [0.3, 0.4) is 0 Å². The quantitative estimate of drug-likeness (QED) is 0.520. The smallest absolute Gasteiger partial charge is 0.185 e. The Bertz CT molecular complexity index is 677. The van der Waals surface area contributed by atoms with E-state index in [1.54, 1.807) is 50.6 Å². The van der Waals surface area contributed by atoms with E-state index < -0.39 is 0 Å². The predicted octanol–water partition coefficient (Wildman–Crippen LogP) is 3.18. The molecule has 0 amide bonds. The molecule has 0 aliphatic rings. The first kappa shape index (κ1) is 14.7. The molecule has 0 bridgehead atoms. The summed E-state index contributed by atoms with van der Waals surface area (Å²) in [6, 6.07) is 12.4. The van der Waals surface area contributed by atoms with Crippen molar-refractivity contribution in [3.8, 4) is 11.5 Å². The fourth-order valence-electron chi connectivity index (χ4n) is 2.00. The third-order valence-electron chi connectivity index (χ3n) is 3.02. The Morgan fingerprint density at radius 1 is 1.10 bits per heavy atom. The van der Waals surface area contributed by atoms with Crippen LogP contribution in [-0.4, -0.2) is 20.0 Å². The first-order valence-corrected chi connectivity index (χ1v) is 6.44. The van der Waals surface area contributed by atoms with E-state index in [0.717, 1.165) is 5.56 Å². The average molecular weight is 283 g/mol. The number of carbonyl (C=O) groups excluding carboxylic acids is 1. The highest BCUT2D eigenvalue weighted by Gasteiger charge is 2.08. The predicted molar refractivity (Wildman–Crippen MR) is 83.8 cm³/mol. The summed E-state index contributed by atoms with van der Waals surface area (Å²) in [5.74, 6) is 1.10. The van der Waals surface area contributed by atoms with E-state index in [2.05, 4.69) is 0 Å². The zero-order valence-corrected chi connectivity index (χ0v) is 12.0. The van der Waals surface area contributed by atoms with Crippen molar-refractivity contribution < 1.29 is 14.3 Å². The summed E-state index contributed by atoms with van der Waals surface area (Å²) < 4.78 is 10.5. The largest absolute Gasteiger partial charge is 0.493 e. The van der Waals surface area contributed by atoms with Crippen LogP contribution in [-0.2, 0) is 0 Å². The molecule has 0 atom stereocenters. The molecule has 0 radical (unpaired) electrons. The summed E-state index contributed by atoms with van der Waals surface area (Å²) in [7, 11) is 3.14. The van der Waals surface area contributed by atoms with E-state index in [-0.39, 0.29) is 5.78 Å². The number of methoxy groups -OCH3 is 2. The van der Waals surface area contributed by atoms with Gasteiger partial charge in [0.15, 0.2) is 17.3 Å². The van der Waals surface area contributed by atoms with Gasteiger partial charge >= 0.3 is 0 Å². The maximum absolute atomic E-state index is 12.1. The number of anilines is 1. The normalized spacial score (nSPS) is 10.6. The summed E-state index contributed by atoms with van der Waals surface area (Å²) >= 11 is 0. The third kappa shape index (κ3) is 3.42. The zero-order chi connectivity index (χ0) is 15.2. The minimum absolute atomic E-state index is 0.118. The Morgan fingerprint density at radius 2 is 1.86 bits per heavy atom. The number of ketones is 1. The third-order valence-corrected chi connectivity index (χ3v) is 3.02. The maximum atomic E-state index is 12.1. The summed E-state index contributed by atoms with van der Waals surface area (Å²) in [5, 5.41) is 0. The van der Waals surface area contributed by atoms with Gasteiger partial charge in [-0.05, 0) is 30.4 Å². The number of hydrogen-bond donors (Lipinski definition) is 1. The van der Waals surface area contributed by atoms with Gasteiger partial charge in [0.25, 0.3) is 0 Å². The van der Waals surface area contributed by atoms with Crippen LogP contribution in [0.4, 0.5) is 5.69 Å². The maximum Gasteiger partial charge on any atom is 0.185 e. The van der Waals surface area contributed by atoms with Crippen molar-refractivity contribution in [3.63, 3.8) is 0 Å². The van der Waals surface area contributed by atoms with Gasteiger partial charge in [-0.1, -0.05) is 24.3 Å². The molecule has 4 heteroatoms. The molecule has 0 aromatic heterocycles. The highest BCUT2D eigenvalue weighted by molar-refractivity contribution is 6.07. The molecule has 2 aromatic carbocycles. The van der Waals surface area contributed by atoms with Gasteiger partial charge in [-0.25, -0.2) is 0 Å². The lowest BCUT2D eigenvalue weighted by Crippen LogP contribution is -1.96. The number of allylic oxidation sites excluding steroid dienone is 1. The van der Waals surface area contributed by atoms with Crippen LogP contribution in [0.2, 0.25) is 0 Å². The summed E-state index contributed by atoms with van der Waals surface area (Å²) in [6.07, 6.45) is 3.19. The van der Waals surface area contributed by atoms with Crippen molar-refractivity contribution >= 4 is 17.5 Å². The molecule has 0 aliphatic carbocycles. The van der Waals surface area contributed by atoms with Gasteiger partial charge in [0, 0.05) is 16.8 Å². The Kier molecular flexibility index (Phi) is 4.61. The minimum Gasteiger partial charge on any atom is -0.493 e. The molecule has 0 spiro atoms. The fraction of sp³-hybridized carbons (Fsp3) is 0.118. The lowest BCUT2D eigenvalue weighted by Gasteiger charge is -2.09. The second-order valence-corrected chi connectivity index (χ2v) is 4.41. The summed E-state index contributed by atoms with van der Waals surface area (Å²) in [4.78, 5) is 12.1. The molecular weight excluding hydrogens is 266 g/mol. The van der Waals surface area contributed by atoms with Gasteiger partial charge in [-0.3, -0.25) is 4.79 Å². The molecule has 2 aromatic rings. The van der Waals surface area contributed by atoms with E-state index in [4.69, 9.17) is 15.2 Å². The SMILES string of the molecule is COc1cccc(/C=C/C(=O)c2cccc(N)c2)c1OC. The van der Waals surface area contributed by atoms with Crippen LogP contribution in [0.25, 0.3) is 6.08 Å². The van der Waals surface area contributed by atoms with Crippen molar-refractivity contribution in [2.75, 3.05) is 20.0 Å². The average Bonchev–Trinajstić information content (AvgIpc) is 2.51. The van der Waals surface area contributed by atoms with Gasteiger partial charge in [-0.2, -0.15) is 0 Å². The van der Waals surface area contributed by atoms with Crippen LogP contribution in [0, 0.1) is 0 Å². The molecular formula is C17H17NO3. The van der Waals surface area contributed by atoms with E-state index in [0.29, 0.717) is 22.7 Å². The van der Waals surface area contributed by atoms with Gasteiger partial charge in [0.05, 0.1) is 14.2 Å². The number of rotatable bonds is 5.